The molecule has 0 aliphatic heterocycles. The Balaban J connectivity index is 4.94. The fourth-order valence-corrected chi connectivity index (χ4v) is 6.62. The van der Waals surface area contributed by atoms with Crippen LogP contribution in [-0.4, -0.2) is 205 Å². The predicted molar refractivity (Wildman–Crippen MR) is 253 cm³/mol. The topological polar surface area (TPSA) is 256 Å². The molecule has 0 bridgehead atoms. The average molecular weight is 875 g/mol. The second kappa shape index (κ2) is 33.8. The summed E-state index contributed by atoms with van der Waals surface area (Å²) in [6.07, 6.45) is 3.35. The Morgan fingerprint density at radius 3 is 1.57 bits per heavy atom. The molecule has 2 amide bonds. The Morgan fingerprint density at radius 1 is 0.541 bits per heavy atom. The lowest BCUT2D eigenvalue weighted by Crippen LogP contribution is -2.55. The first-order chi connectivity index (χ1) is 28.7. The Hall–Kier alpha value is -1.62. The molecular formula is C43H98N14O4. The maximum Gasteiger partial charge on any atom is 0.222 e. The number of nitrogens with one attached hydrogen (secondary N) is 5. The molecule has 0 rings (SSSR count). The van der Waals surface area contributed by atoms with Crippen LogP contribution in [0.4, 0.5) is 0 Å². The Kier molecular flexibility index (Phi) is 32.9. The van der Waals surface area contributed by atoms with Gasteiger partial charge in [-0.1, -0.05) is 13.3 Å². The molecular weight excluding hydrogens is 777 g/mol. The molecule has 0 unspecified atom stereocenters. The van der Waals surface area contributed by atoms with Gasteiger partial charge in [-0.25, -0.2) is 0 Å². The number of carbonyl (C=O) groups excluding carboxylic acids is 2. The van der Waals surface area contributed by atoms with E-state index < -0.39 is 22.5 Å². The number of hydrogen-bond donors (Lipinski definition) is 10. The minimum absolute atomic E-state index is 0.0604. The van der Waals surface area contributed by atoms with Crippen molar-refractivity contribution in [1.29, 1.82) is 0 Å². The van der Waals surface area contributed by atoms with Crippen molar-refractivity contribution in [1.82, 2.24) is 46.2 Å². The van der Waals surface area contributed by atoms with Gasteiger partial charge in [-0.15, -0.1) is 0 Å². The van der Waals surface area contributed by atoms with Crippen LogP contribution in [0, 0.1) is 0 Å². The van der Waals surface area contributed by atoms with Crippen LogP contribution in [0.2, 0.25) is 0 Å². The number of unbranched alkanes of at least 4 members (excludes halogenated alkanes) is 1. The lowest BCUT2D eigenvalue weighted by molar-refractivity contribution is -0.129. The molecule has 0 aliphatic carbocycles. The zero-order valence-corrected chi connectivity index (χ0v) is 40.6. The van der Waals surface area contributed by atoms with E-state index in [1.165, 1.54) is 0 Å². The summed E-state index contributed by atoms with van der Waals surface area (Å²) in [5, 5.41) is 16.5. The maximum atomic E-state index is 13.0. The van der Waals surface area contributed by atoms with E-state index in [4.69, 9.17) is 38.1 Å². The summed E-state index contributed by atoms with van der Waals surface area (Å²) in [5.74, 6) is 0.00309. The Labute approximate surface area is 372 Å². The molecule has 18 heteroatoms. The summed E-state index contributed by atoms with van der Waals surface area (Å²) in [4.78, 5) is 34.3. The quantitative estimate of drug-likeness (QED) is 0.0261. The molecule has 0 aromatic rings. The molecule has 0 saturated heterocycles. The van der Waals surface area contributed by atoms with Crippen molar-refractivity contribution in [3.63, 3.8) is 0 Å². The van der Waals surface area contributed by atoms with Crippen molar-refractivity contribution in [2.24, 2.45) is 28.7 Å². The van der Waals surface area contributed by atoms with Crippen LogP contribution >= 0.6 is 0 Å². The predicted octanol–water partition coefficient (Wildman–Crippen LogP) is -0.978. The van der Waals surface area contributed by atoms with Crippen LogP contribution in [0.3, 0.4) is 0 Å². The molecule has 0 heterocycles. The fraction of sp³-hybridized carbons (Fsp3) is 0.953. The van der Waals surface area contributed by atoms with Crippen molar-refractivity contribution in [2.45, 2.75) is 117 Å². The van der Waals surface area contributed by atoms with Crippen LogP contribution in [-0.2, 0) is 19.1 Å². The van der Waals surface area contributed by atoms with Gasteiger partial charge in [0.25, 0.3) is 0 Å². The van der Waals surface area contributed by atoms with Gasteiger partial charge in [0.1, 0.15) is 0 Å². The third-order valence-corrected chi connectivity index (χ3v) is 10.4. The van der Waals surface area contributed by atoms with E-state index in [1.807, 2.05) is 55.4 Å². The van der Waals surface area contributed by atoms with Crippen molar-refractivity contribution in [3.8, 4) is 0 Å². The lowest BCUT2D eigenvalue weighted by atomic mass is 10.0. The van der Waals surface area contributed by atoms with E-state index in [2.05, 4.69) is 53.1 Å². The van der Waals surface area contributed by atoms with Crippen LogP contribution in [0.25, 0.3) is 0 Å². The third kappa shape index (κ3) is 35.4. The van der Waals surface area contributed by atoms with Crippen LogP contribution < -0.4 is 55.3 Å². The van der Waals surface area contributed by atoms with Crippen LogP contribution in [0.5, 0.6) is 0 Å². The summed E-state index contributed by atoms with van der Waals surface area (Å²) in [6.45, 7) is 35.2. The van der Waals surface area contributed by atoms with Gasteiger partial charge in [0, 0.05) is 144 Å². The molecule has 364 valence electrons. The minimum atomic E-state index is -0.633. The van der Waals surface area contributed by atoms with E-state index in [9.17, 15) is 9.59 Å². The highest BCUT2D eigenvalue weighted by Gasteiger charge is 2.26. The smallest absolute Gasteiger partial charge is 0.222 e. The van der Waals surface area contributed by atoms with Crippen molar-refractivity contribution in [3.05, 3.63) is 0 Å². The van der Waals surface area contributed by atoms with E-state index in [-0.39, 0.29) is 18.2 Å². The number of nitrogens with two attached hydrogens (primary N) is 5. The fourth-order valence-electron chi connectivity index (χ4n) is 6.62. The standard InChI is InChI=1S/C43H98N14O4/c1-10-11-12-38(58)52-23-36-61-40(2,3)13-35-60-41(4,5)37-39(59)51-21-30-57(43(8,9)48)29-20-50-19-27-55(26-18-49-17-14-44)32-34-56(28-22-53-42(6,7)47)33-31-54(24-15-45)25-16-46/h49-50,53H,10-37,44-48H2,1-9H3,(H,51,59)(H,52,58). The molecule has 0 aromatic carbocycles. The summed E-state index contributed by atoms with van der Waals surface area (Å²) in [6, 6.07) is 0. The van der Waals surface area contributed by atoms with Gasteiger partial charge in [0.2, 0.25) is 11.8 Å². The first-order valence-electron chi connectivity index (χ1n) is 23.2. The van der Waals surface area contributed by atoms with E-state index in [0.29, 0.717) is 65.3 Å². The van der Waals surface area contributed by atoms with E-state index in [1.54, 1.807) is 0 Å². The largest absolute Gasteiger partial charge is 0.375 e. The van der Waals surface area contributed by atoms with Crippen molar-refractivity contribution in [2.75, 3.05) is 151 Å². The molecule has 0 aliphatic rings. The van der Waals surface area contributed by atoms with Gasteiger partial charge < -0.3 is 59.4 Å². The monoisotopic (exact) mass is 875 g/mol. The van der Waals surface area contributed by atoms with Gasteiger partial charge >= 0.3 is 0 Å². The molecule has 0 fully saturated rings. The SMILES string of the molecule is CCCCC(=O)NCCOC(C)(C)CCOC(C)(C)CC(=O)NCCN(CCNCCN(CCNCCN)CCN(CCNC(C)(C)N)CCN(CCN)CCN)C(C)(C)N. The second-order valence-corrected chi connectivity index (χ2v) is 18.6. The number of amides is 2. The Morgan fingerprint density at radius 2 is 1.03 bits per heavy atom. The van der Waals surface area contributed by atoms with E-state index in [0.717, 1.165) is 111 Å². The van der Waals surface area contributed by atoms with Crippen molar-refractivity contribution >= 4 is 11.8 Å². The lowest BCUT2D eigenvalue weighted by Gasteiger charge is -2.35. The highest BCUT2D eigenvalue weighted by molar-refractivity contribution is 5.77. The van der Waals surface area contributed by atoms with Gasteiger partial charge in [-0.05, 0) is 68.2 Å². The number of hydrogen-bond acceptors (Lipinski definition) is 16. The number of nitrogens with zero attached hydrogens (tertiary/aromatic N) is 4. The third-order valence-electron chi connectivity index (χ3n) is 10.4. The van der Waals surface area contributed by atoms with Gasteiger partial charge in [-0.2, -0.15) is 0 Å². The van der Waals surface area contributed by atoms with E-state index >= 15 is 0 Å². The van der Waals surface area contributed by atoms with Crippen LogP contribution in [0.15, 0.2) is 0 Å². The van der Waals surface area contributed by atoms with Gasteiger partial charge in [-0.3, -0.25) is 34.5 Å². The maximum absolute atomic E-state index is 13.0. The summed E-state index contributed by atoms with van der Waals surface area (Å²) >= 11 is 0. The average Bonchev–Trinajstić information content (AvgIpc) is 3.15. The molecule has 0 atom stereocenters. The van der Waals surface area contributed by atoms with Crippen molar-refractivity contribution < 1.29 is 19.1 Å². The zero-order chi connectivity index (χ0) is 46.2. The summed E-state index contributed by atoms with van der Waals surface area (Å²) in [5.41, 5.74) is 28.3. The van der Waals surface area contributed by atoms with Crippen LogP contribution in [0.1, 0.15) is 94.4 Å². The molecule has 18 nitrogen and oxygen atoms in total. The summed E-state index contributed by atoms with van der Waals surface area (Å²) < 4.78 is 12.1. The molecule has 61 heavy (non-hydrogen) atoms. The van der Waals surface area contributed by atoms with Gasteiger partial charge in [0.05, 0.1) is 42.2 Å². The highest BCUT2D eigenvalue weighted by Crippen LogP contribution is 2.19. The molecule has 0 saturated carbocycles. The molecule has 0 aromatic heterocycles. The highest BCUT2D eigenvalue weighted by atomic mass is 16.5. The first-order valence-corrected chi connectivity index (χ1v) is 23.2. The molecule has 0 radical (unpaired) electrons. The normalized spacial score (nSPS) is 13.0. The number of carbonyl (C=O) groups is 2. The number of rotatable bonds is 42. The summed E-state index contributed by atoms with van der Waals surface area (Å²) in [7, 11) is 0. The zero-order valence-electron chi connectivity index (χ0n) is 40.6. The second-order valence-electron chi connectivity index (χ2n) is 18.6. The molecule has 15 N–H and O–H groups in total. The molecule has 0 spiro atoms. The minimum Gasteiger partial charge on any atom is -0.375 e. The number of ether oxygens (including phenoxy) is 2. The first kappa shape index (κ1) is 59.4. The Bertz CT molecular complexity index is 1080. The van der Waals surface area contributed by atoms with Gasteiger partial charge in [0.15, 0.2) is 0 Å².